The molecular formula is C17H19N5OS. The highest BCUT2D eigenvalue weighted by Gasteiger charge is 2.19. The fourth-order valence-electron chi connectivity index (χ4n) is 2.31. The molecule has 3 rings (SSSR count). The molecule has 0 radical (unpaired) electrons. The largest absolute Gasteiger partial charge is 0.325 e. The van der Waals surface area contributed by atoms with E-state index in [1.165, 1.54) is 11.8 Å². The van der Waals surface area contributed by atoms with Crippen LogP contribution in [0.3, 0.4) is 0 Å². The van der Waals surface area contributed by atoms with Gasteiger partial charge in [0, 0.05) is 5.69 Å². The Morgan fingerprint density at radius 1 is 1.12 bits per heavy atom. The lowest BCUT2D eigenvalue weighted by Gasteiger charge is -2.13. The van der Waals surface area contributed by atoms with Gasteiger partial charge in [-0.1, -0.05) is 42.1 Å². The molecule has 0 saturated heterocycles. The number of fused-ring (bicyclic) bond motifs is 1. The van der Waals surface area contributed by atoms with Gasteiger partial charge in [-0.15, -0.1) is 5.10 Å². The van der Waals surface area contributed by atoms with Gasteiger partial charge in [-0.2, -0.15) is 0 Å². The number of thioether (sulfide) groups is 1. The third kappa shape index (κ3) is 3.56. The third-order valence-corrected chi connectivity index (χ3v) is 4.67. The lowest BCUT2D eigenvalue weighted by atomic mass is 10.1. The van der Waals surface area contributed by atoms with Crippen molar-refractivity contribution in [1.82, 2.24) is 20.2 Å². The summed E-state index contributed by atoms with van der Waals surface area (Å²) in [6.45, 7) is 5.85. The Balaban J connectivity index is 1.70. The lowest BCUT2D eigenvalue weighted by molar-refractivity contribution is -0.115. The molecule has 0 spiro atoms. The van der Waals surface area contributed by atoms with Crippen molar-refractivity contribution >= 4 is 34.1 Å². The number of carbonyl (C=O) groups is 1. The molecule has 1 aromatic heterocycles. The van der Waals surface area contributed by atoms with Gasteiger partial charge in [-0.05, 0) is 54.1 Å². The molecule has 1 unspecified atom stereocenters. The van der Waals surface area contributed by atoms with Crippen LogP contribution in [0, 0.1) is 0 Å². The first-order chi connectivity index (χ1) is 11.5. The van der Waals surface area contributed by atoms with Gasteiger partial charge in [0.2, 0.25) is 11.1 Å². The van der Waals surface area contributed by atoms with Crippen molar-refractivity contribution in [2.24, 2.45) is 0 Å². The second kappa shape index (κ2) is 7.00. The van der Waals surface area contributed by atoms with Gasteiger partial charge in [-0.25, -0.2) is 4.68 Å². The summed E-state index contributed by atoms with van der Waals surface area (Å²) in [6, 6.07) is 14.1. The van der Waals surface area contributed by atoms with Gasteiger partial charge >= 0.3 is 0 Å². The number of rotatable bonds is 5. The fourth-order valence-corrected chi connectivity index (χ4v) is 3.23. The summed E-state index contributed by atoms with van der Waals surface area (Å²) >= 11 is 1.35. The molecule has 3 aromatic rings. The molecule has 0 aliphatic carbocycles. The van der Waals surface area contributed by atoms with E-state index in [1.807, 2.05) is 63.2 Å². The van der Waals surface area contributed by atoms with Crippen LogP contribution in [0.25, 0.3) is 10.8 Å². The molecule has 0 bridgehead atoms. The molecule has 1 heterocycles. The van der Waals surface area contributed by atoms with E-state index in [9.17, 15) is 4.79 Å². The molecule has 0 saturated carbocycles. The number of anilines is 1. The van der Waals surface area contributed by atoms with Gasteiger partial charge < -0.3 is 5.32 Å². The number of carbonyl (C=O) groups excluding carboxylic acids is 1. The van der Waals surface area contributed by atoms with Gasteiger partial charge in [0.15, 0.2) is 0 Å². The highest BCUT2D eigenvalue weighted by atomic mass is 32.2. The minimum atomic E-state index is -0.306. The summed E-state index contributed by atoms with van der Waals surface area (Å²) in [4.78, 5) is 12.4. The van der Waals surface area contributed by atoms with E-state index < -0.39 is 0 Å². The maximum Gasteiger partial charge on any atom is 0.237 e. The highest BCUT2D eigenvalue weighted by Crippen LogP contribution is 2.24. The summed E-state index contributed by atoms with van der Waals surface area (Å²) in [6.07, 6.45) is 0. The second-order valence-corrected chi connectivity index (χ2v) is 7.12. The van der Waals surface area contributed by atoms with E-state index in [2.05, 4.69) is 20.8 Å². The Kier molecular flexibility index (Phi) is 4.80. The summed E-state index contributed by atoms with van der Waals surface area (Å²) in [7, 11) is 0. The lowest BCUT2D eigenvalue weighted by Crippen LogP contribution is -2.23. The predicted molar refractivity (Wildman–Crippen MR) is 96.1 cm³/mol. The number of aromatic nitrogens is 4. The number of amides is 1. The minimum Gasteiger partial charge on any atom is -0.325 e. The van der Waals surface area contributed by atoms with Gasteiger partial charge in [0.25, 0.3) is 0 Å². The molecule has 24 heavy (non-hydrogen) atoms. The van der Waals surface area contributed by atoms with Crippen molar-refractivity contribution in [2.75, 3.05) is 5.32 Å². The number of tetrazole rings is 1. The fraction of sp³-hybridized carbons (Fsp3) is 0.294. The molecule has 1 N–H and O–H groups in total. The smallest absolute Gasteiger partial charge is 0.237 e. The first kappa shape index (κ1) is 16.4. The van der Waals surface area contributed by atoms with Crippen LogP contribution in [0.2, 0.25) is 0 Å². The number of hydrogen-bond donors (Lipinski definition) is 1. The van der Waals surface area contributed by atoms with Crippen molar-refractivity contribution in [3.8, 4) is 0 Å². The Bertz CT molecular complexity index is 861. The number of nitrogens with zero attached hydrogens (tertiary/aromatic N) is 4. The monoisotopic (exact) mass is 341 g/mol. The summed E-state index contributed by atoms with van der Waals surface area (Å²) < 4.78 is 1.71. The summed E-state index contributed by atoms with van der Waals surface area (Å²) in [5, 5.41) is 17.2. The van der Waals surface area contributed by atoms with Crippen LogP contribution in [0.4, 0.5) is 5.69 Å². The Labute approximate surface area is 144 Å². The Morgan fingerprint density at radius 2 is 1.88 bits per heavy atom. The van der Waals surface area contributed by atoms with Crippen LogP contribution in [-0.4, -0.2) is 31.4 Å². The maximum atomic E-state index is 12.4. The second-order valence-electron chi connectivity index (χ2n) is 5.81. The molecular weight excluding hydrogens is 322 g/mol. The van der Waals surface area contributed by atoms with E-state index in [0.29, 0.717) is 5.16 Å². The Morgan fingerprint density at radius 3 is 2.62 bits per heavy atom. The van der Waals surface area contributed by atoms with Crippen molar-refractivity contribution in [3.63, 3.8) is 0 Å². The number of nitrogens with one attached hydrogen (secondary N) is 1. The SMILES string of the molecule is CC(Sc1nnnn1C(C)C)C(=O)Nc1ccc2ccccc2c1. The van der Waals surface area contributed by atoms with E-state index >= 15 is 0 Å². The van der Waals surface area contributed by atoms with Crippen molar-refractivity contribution in [1.29, 1.82) is 0 Å². The van der Waals surface area contributed by atoms with Crippen LogP contribution < -0.4 is 5.32 Å². The molecule has 0 aliphatic heterocycles. The molecule has 0 fully saturated rings. The first-order valence-electron chi connectivity index (χ1n) is 7.79. The molecule has 124 valence electrons. The number of hydrogen-bond acceptors (Lipinski definition) is 5. The summed E-state index contributed by atoms with van der Waals surface area (Å²) in [5.74, 6) is -0.0754. The highest BCUT2D eigenvalue weighted by molar-refractivity contribution is 8.00. The number of benzene rings is 2. The zero-order chi connectivity index (χ0) is 17.1. The van der Waals surface area contributed by atoms with E-state index in [-0.39, 0.29) is 17.2 Å². The standard InChI is InChI=1S/C17H19N5OS/c1-11(2)22-17(19-20-21-22)24-12(3)16(23)18-15-9-8-13-6-4-5-7-14(13)10-15/h4-12H,1-3H3,(H,18,23). The average molecular weight is 341 g/mol. The molecule has 7 heteroatoms. The quantitative estimate of drug-likeness (QED) is 0.719. The Hall–Kier alpha value is -2.41. The average Bonchev–Trinajstić information content (AvgIpc) is 3.03. The molecule has 0 aliphatic rings. The molecule has 1 atom stereocenters. The first-order valence-corrected chi connectivity index (χ1v) is 8.67. The zero-order valence-electron chi connectivity index (χ0n) is 13.8. The van der Waals surface area contributed by atoms with Crippen molar-refractivity contribution in [3.05, 3.63) is 42.5 Å². The molecule has 2 aromatic carbocycles. The molecule has 1 amide bonds. The van der Waals surface area contributed by atoms with E-state index in [4.69, 9.17) is 0 Å². The van der Waals surface area contributed by atoms with Crippen LogP contribution in [0.1, 0.15) is 26.8 Å². The van der Waals surface area contributed by atoms with Gasteiger partial charge in [-0.3, -0.25) is 4.79 Å². The van der Waals surface area contributed by atoms with Crippen LogP contribution in [0.5, 0.6) is 0 Å². The summed E-state index contributed by atoms with van der Waals surface area (Å²) in [5.41, 5.74) is 0.787. The minimum absolute atomic E-state index is 0.0754. The van der Waals surface area contributed by atoms with Crippen LogP contribution in [-0.2, 0) is 4.79 Å². The van der Waals surface area contributed by atoms with E-state index in [1.54, 1.807) is 4.68 Å². The third-order valence-electron chi connectivity index (χ3n) is 3.62. The molecule has 6 nitrogen and oxygen atoms in total. The zero-order valence-corrected chi connectivity index (χ0v) is 14.6. The topological polar surface area (TPSA) is 72.7 Å². The van der Waals surface area contributed by atoms with Crippen molar-refractivity contribution in [2.45, 2.75) is 37.2 Å². The van der Waals surface area contributed by atoms with Gasteiger partial charge in [0.05, 0.1) is 11.3 Å². The van der Waals surface area contributed by atoms with Gasteiger partial charge in [0.1, 0.15) is 0 Å². The van der Waals surface area contributed by atoms with Crippen molar-refractivity contribution < 1.29 is 4.79 Å². The van der Waals surface area contributed by atoms with Crippen LogP contribution >= 0.6 is 11.8 Å². The van der Waals surface area contributed by atoms with E-state index in [0.717, 1.165) is 16.5 Å². The normalized spacial score (nSPS) is 12.5. The maximum absolute atomic E-state index is 12.4. The van der Waals surface area contributed by atoms with Crippen LogP contribution in [0.15, 0.2) is 47.6 Å². The predicted octanol–water partition coefficient (Wildman–Crippen LogP) is 3.53.